The number of nitro benzene ring substituents is 1. The van der Waals surface area contributed by atoms with Gasteiger partial charge < -0.3 is 5.32 Å². The van der Waals surface area contributed by atoms with Crippen LogP contribution in [0, 0.1) is 17.0 Å². The van der Waals surface area contributed by atoms with E-state index in [1.54, 1.807) is 30.4 Å². The highest BCUT2D eigenvalue weighted by atomic mass is 32.1. The van der Waals surface area contributed by atoms with Gasteiger partial charge in [-0.1, -0.05) is 24.3 Å². The lowest BCUT2D eigenvalue weighted by Gasteiger charge is -2.04. The summed E-state index contributed by atoms with van der Waals surface area (Å²) in [7, 11) is 0. The predicted octanol–water partition coefficient (Wildman–Crippen LogP) is 5.58. The van der Waals surface area contributed by atoms with Gasteiger partial charge in [0.2, 0.25) is 0 Å². The molecule has 2 aromatic carbocycles. The molecule has 0 spiro atoms. The van der Waals surface area contributed by atoms with Crippen LogP contribution in [0.5, 0.6) is 0 Å². The third-order valence-corrected chi connectivity index (χ3v) is 6.35. The minimum atomic E-state index is -0.446. The van der Waals surface area contributed by atoms with Gasteiger partial charge in [-0.3, -0.25) is 14.9 Å². The number of nitrogens with one attached hydrogen (secondary N) is 1. The van der Waals surface area contributed by atoms with Crippen molar-refractivity contribution in [2.75, 3.05) is 5.32 Å². The standard InChI is InChI=1S/C18H12N2O3S2/c1-10-6-7-11(8-13(10)20(22)23)19-18(21)16-9-15-17(25-16)12-4-2-3-5-14(12)24-15/h2-9H,1H3,(H,19,21). The molecule has 1 N–H and O–H groups in total. The van der Waals surface area contributed by atoms with Gasteiger partial charge >= 0.3 is 0 Å². The Kier molecular flexibility index (Phi) is 3.74. The van der Waals surface area contributed by atoms with E-state index in [2.05, 4.69) is 17.4 Å². The molecular formula is C18H12N2O3S2. The molecule has 0 atom stereocenters. The first-order valence-electron chi connectivity index (χ1n) is 7.50. The number of hydrogen-bond donors (Lipinski definition) is 1. The fraction of sp³-hybridized carbons (Fsp3) is 0.0556. The van der Waals surface area contributed by atoms with Gasteiger partial charge in [-0.2, -0.15) is 0 Å². The molecule has 0 bridgehead atoms. The number of benzene rings is 2. The lowest BCUT2D eigenvalue weighted by Crippen LogP contribution is -2.10. The van der Waals surface area contributed by atoms with Crippen LogP contribution in [-0.2, 0) is 0 Å². The maximum atomic E-state index is 12.5. The van der Waals surface area contributed by atoms with Crippen molar-refractivity contribution in [1.29, 1.82) is 0 Å². The van der Waals surface area contributed by atoms with Gasteiger partial charge in [0.25, 0.3) is 11.6 Å². The third kappa shape index (κ3) is 2.77. The normalized spacial score (nSPS) is 11.1. The molecule has 5 nitrogen and oxygen atoms in total. The molecule has 4 rings (SSSR count). The second-order valence-corrected chi connectivity index (χ2v) is 7.75. The van der Waals surface area contributed by atoms with Gasteiger partial charge in [0.05, 0.1) is 14.5 Å². The molecule has 124 valence electrons. The summed E-state index contributed by atoms with van der Waals surface area (Å²) in [5.41, 5.74) is 0.978. The summed E-state index contributed by atoms with van der Waals surface area (Å²) in [6, 6.07) is 14.7. The lowest BCUT2D eigenvalue weighted by molar-refractivity contribution is -0.385. The molecule has 0 saturated carbocycles. The number of nitro groups is 1. The van der Waals surface area contributed by atoms with Crippen LogP contribution in [0.4, 0.5) is 11.4 Å². The Morgan fingerprint density at radius 3 is 2.68 bits per heavy atom. The molecule has 1 amide bonds. The SMILES string of the molecule is Cc1ccc(NC(=O)c2cc3sc4ccccc4c3s2)cc1[N+](=O)[O-]. The van der Waals surface area contributed by atoms with Gasteiger partial charge in [0.15, 0.2) is 0 Å². The second kappa shape index (κ2) is 5.94. The van der Waals surface area contributed by atoms with Crippen LogP contribution in [0.1, 0.15) is 15.2 Å². The van der Waals surface area contributed by atoms with Gasteiger partial charge in [-0.15, -0.1) is 22.7 Å². The largest absolute Gasteiger partial charge is 0.321 e. The molecule has 0 aliphatic carbocycles. The number of fused-ring (bicyclic) bond motifs is 3. The molecule has 0 aliphatic rings. The lowest BCUT2D eigenvalue weighted by atomic mass is 10.2. The topological polar surface area (TPSA) is 72.2 Å². The molecule has 2 heterocycles. The highest BCUT2D eigenvalue weighted by Gasteiger charge is 2.16. The number of anilines is 1. The maximum Gasteiger partial charge on any atom is 0.274 e. The van der Waals surface area contributed by atoms with Crippen LogP contribution < -0.4 is 5.32 Å². The van der Waals surface area contributed by atoms with Gasteiger partial charge in [0, 0.05) is 32.1 Å². The molecule has 0 radical (unpaired) electrons. The van der Waals surface area contributed by atoms with Crippen molar-refractivity contribution in [2.45, 2.75) is 6.92 Å². The van der Waals surface area contributed by atoms with Crippen molar-refractivity contribution in [1.82, 2.24) is 0 Å². The fourth-order valence-corrected chi connectivity index (χ4v) is 5.11. The van der Waals surface area contributed by atoms with Crippen LogP contribution in [0.2, 0.25) is 0 Å². The summed E-state index contributed by atoms with van der Waals surface area (Å²) in [5, 5.41) is 14.9. The second-order valence-electron chi connectivity index (χ2n) is 5.61. The van der Waals surface area contributed by atoms with E-state index in [1.165, 1.54) is 22.1 Å². The van der Waals surface area contributed by atoms with E-state index in [4.69, 9.17) is 0 Å². The van der Waals surface area contributed by atoms with Gasteiger partial charge in [0.1, 0.15) is 0 Å². The van der Waals surface area contributed by atoms with E-state index in [9.17, 15) is 14.9 Å². The molecule has 0 fully saturated rings. The van der Waals surface area contributed by atoms with E-state index in [0.717, 1.165) is 14.8 Å². The van der Waals surface area contributed by atoms with Crippen LogP contribution >= 0.6 is 22.7 Å². The Balaban J connectivity index is 1.66. The average molecular weight is 368 g/mol. The Bertz CT molecular complexity index is 1140. The molecule has 0 unspecified atom stereocenters. The molecule has 7 heteroatoms. The quantitative estimate of drug-likeness (QED) is 0.379. The molecule has 0 aliphatic heterocycles. The Hall–Kier alpha value is -2.77. The van der Waals surface area contributed by atoms with Crippen LogP contribution in [0.25, 0.3) is 19.5 Å². The number of thiophene rings is 2. The number of nitrogens with zero attached hydrogens (tertiary/aromatic N) is 1. The summed E-state index contributed by atoms with van der Waals surface area (Å²) in [5.74, 6) is -0.254. The summed E-state index contributed by atoms with van der Waals surface area (Å²) in [6.45, 7) is 1.67. The molecule has 25 heavy (non-hydrogen) atoms. The first-order chi connectivity index (χ1) is 12.0. The zero-order valence-corrected chi connectivity index (χ0v) is 14.7. The monoisotopic (exact) mass is 368 g/mol. The Morgan fingerprint density at radius 1 is 1.08 bits per heavy atom. The van der Waals surface area contributed by atoms with E-state index in [1.807, 2.05) is 18.2 Å². The average Bonchev–Trinajstić information content (AvgIpc) is 3.14. The van der Waals surface area contributed by atoms with Crippen LogP contribution in [0.15, 0.2) is 48.5 Å². The van der Waals surface area contributed by atoms with Crippen molar-refractivity contribution < 1.29 is 9.72 Å². The predicted molar refractivity (Wildman–Crippen MR) is 103 cm³/mol. The van der Waals surface area contributed by atoms with Crippen molar-refractivity contribution in [3.05, 3.63) is 69.1 Å². The number of amides is 1. The van der Waals surface area contributed by atoms with Crippen LogP contribution in [-0.4, -0.2) is 10.8 Å². The Labute approximate surface area is 150 Å². The van der Waals surface area contributed by atoms with Gasteiger partial charge in [-0.25, -0.2) is 0 Å². The zero-order valence-electron chi connectivity index (χ0n) is 13.1. The molecule has 2 aromatic heterocycles. The fourth-order valence-electron chi connectivity index (χ4n) is 2.69. The van der Waals surface area contributed by atoms with Crippen molar-refractivity contribution in [2.24, 2.45) is 0 Å². The highest BCUT2D eigenvalue weighted by Crippen LogP contribution is 2.39. The van der Waals surface area contributed by atoms with Crippen LogP contribution in [0.3, 0.4) is 0 Å². The Morgan fingerprint density at radius 2 is 1.88 bits per heavy atom. The highest BCUT2D eigenvalue weighted by molar-refractivity contribution is 7.33. The molecular weight excluding hydrogens is 356 g/mol. The number of aryl methyl sites for hydroxylation is 1. The number of carbonyl (C=O) groups excluding carboxylic acids is 1. The summed E-state index contributed by atoms with van der Waals surface area (Å²) in [4.78, 5) is 23.7. The van der Waals surface area contributed by atoms with Crippen molar-refractivity contribution >= 4 is 59.4 Å². The summed E-state index contributed by atoms with van der Waals surface area (Å²) in [6.07, 6.45) is 0. The number of hydrogen-bond acceptors (Lipinski definition) is 5. The maximum absolute atomic E-state index is 12.5. The third-order valence-electron chi connectivity index (χ3n) is 3.94. The van der Waals surface area contributed by atoms with Crippen molar-refractivity contribution in [3.8, 4) is 0 Å². The first-order valence-corrected chi connectivity index (χ1v) is 9.14. The smallest absolute Gasteiger partial charge is 0.274 e. The number of rotatable bonds is 3. The van der Waals surface area contributed by atoms with E-state index < -0.39 is 4.92 Å². The molecule has 4 aromatic rings. The van der Waals surface area contributed by atoms with E-state index >= 15 is 0 Å². The minimum absolute atomic E-state index is 0.00374. The van der Waals surface area contributed by atoms with Gasteiger partial charge in [-0.05, 0) is 25.1 Å². The molecule has 0 saturated heterocycles. The minimum Gasteiger partial charge on any atom is -0.321 e. The van der Waals surface area contributed by atoms with E-state index in [-0.39, 0.29) is 11.6 Å². The first kappa shape index (κ1) is 15.7. The number of carbonyl (C=O) groups is 1. The van der Waals surface area contributed by atoms with Crippen molar-refractivity contribution in [3.63, 3.8) is 0 Å². The van der Waals surface area contributed by atoms with E-state index in [0.29, 0.717) is 16.1 Å². The zero-order chi connectivity index (χ0) is 17.6. The summed E-state index contributed by atoms with van der Waals surface area (Å²) >= 11 is 3.09. The summed E-state index contributed by atoms with van der Waals surface area (Å²) < 4.78 is 3.37.